The molecule has 0 aliphatic carbocycles. The third-order valence-electron chi connectivity index (χ3n) is 2.46. The summed E-state index contributed by atoms with van der Waals surface area (Å²) in [7, 11) is 1.92. The molecule has 1 atom stereocenters. The van der Waals surface area contributed by atoms with E-state index in [1.807, 2.05) is 31.8 Å². The molecule has 0 aliphatic rings. The molecule has 2 heterocycles. The average Bonchev–Trinajstić information content (AvgIpc) is 2.84. The molecule has 86 valence electrons. The van der Waals surface area contributed by atoms with Crippen molar-refractivity contribution in [3.05, 3.63) is 23.3 Å². The molecule has 0 radical (unpaired) electrons. The molecule has 7 nitrogen and oxygen atoms in total. The third-order valence-corrected chi connectivity index (χ3v) is 2.46. The van der Waals surface area contributed by atoms with Crippen molar-refractivity contribution in [3.8, 4) is 0 Å². The number of tetrazole rings is 1. The number of aryl methyl sites for hydroxylation is 2. The zero-order chi connectivity index (χ0) is 11.5. The highest BCUT2D eigenvalue weighted by Gasteiger charge is 2.10. The Bertz CT molecular complexity index is 444. The molecule has 0 saturated carbocycles. The van der Waals surface area contributed by atoms with Crippen molar-refractivity contribution < 1.29 is 0 Å². The summed E-state index contributed by atoms with van der Waals surface area (Å²) in [5.41, 5.74) is 2.22. The molecule has 2 rings (SSSR count). The highest BCUT2D eigenvalue weighted by atomic mass is 15.5. The van der Waals surface area contributed by atoms with E-state index in [9.17, 15) is 0 Å². The predicted molar refractivity (Wildman–Crippen MR) is 57.4 cm³/mol. The van der Waals surface area contributed by atoms with Crippen molar-refractivity contribution in [1.82, 2.24) is 35.7 Å². The molecule has 0 spiro atoms. The van der Waals surface area contributed by atoms with Crippen LogP contribution in [0.5, 0.6) is 0 Å². The first-order valence-corrected chi connectivity index (χ1v) is 5.12. The van der Waals surface area contributed by atoms with Crippen LogP contribution in [0.15, 0.2) is 6.20 Å². The van der Waals surface area contributed by atoms with Crippen LogP contribution < -0.4 is 5.32 Å². The lowest BCUT2D eigenvalue weighted by Crippen LogP contribution is -2.19. The SMILES string of the molecule is Cc1nn(C)cc1CNC(C)c1nn[nH]n1. The van der Waals surface area contributed by atoms with Gasteiger partial charge in [0.1, 0.15) is 0 Å². The van der Waals surface area contributed by atoms with Crippen LogP contribution in [0.2, 0.25) is 0 Å². The normalized spacial score (nSPS) is 12.9. The van der Waals surface area contributed by atoms with E-state index in [4.69, 9.17) is 0 Å². The summed E-state index contributed by atoms with van der Waals surface area (Å²) in [5, 5.41) is 21.4. The van der Waals surface area contributed by atoms with Gasteiger partial charge in [-0.2, -0.15) is 10.3 Å². The quantitative estimate of drug-likeness (QED) is 0.764. The van der Waals surface area contributed by atoms with E-state index in [0.717, 1.165) is 12.2 Å². The van der Waals surface area contributed by atoms with Gasteiger partial charge in [-0.1, -0.05) is 5.21 Å². The number of H-pyrrole nitrogens is 1. The van der Waals surface area contributed by atoms with Gasteiger partial charge in [0, 0.05) is 25.4 Å². The third kappa shape index (κ3) is 2.25. The molecule has 2 aromatic heterocycles. The summed E-state index contributed by atoms with van der Waals surface area (Å²) in [6.07, 6.45) is 2.01. The lowest BCUT2D eigenvalue weighted by molar-refractivity contribution is 0.545. The Hall–Kier alpha value is -1.76. The van der Waals surface area contributed by atoms with Crippen LogP contribution in [-0.4, -0.2) is 30.4 Å². The molecule has 2 N–H and O–H groups in total. The van der Waals surface area contributed by atoms with Gasteiger partial charge >= 0.3 is 0 Å². The van der Waals surface area contributed by atoms with E-state index in [1.54, 1.807) is 0 Å². The highest BCUT2D eigenvalue weighted by molar-refractivity contribution is 5.15. The smallest absolute Gasteiger partial charge is 0.191 e. The standard InChI is InChI=1S/C9H15N7/c1-6-8(5-16(3)13-6)4-10-7(2)9-11-14-15-12-9/h5,7,10H,4H2,1-3H3,(H,11,12,14,15). The van der Waals surface area contributed by atoms with Crippen LogP contribution in [-0.2, 0) is 13.6 Å². The second kappa shape index (κ2) is 4.40. The summed E-state index contributed by atoms with van der Waals surface area (Å²) >= 11 is 0. The number of nitrogens with zero attached hydrogens (tertiary/aromatic N) is 5. The van der Waals surface area contributed by atoms with Crippen LogP contribution >= 0.6 is 0 Å². The van der Waals surface area contributed by atoms with Crippen LogP contribution in [0.4, 0.5) is 0 Å². The number of nitrogens with one attached hydrogen (secondary N) is 2. The van der Waals surface area contributed by atoms with Crippen molar-refractivity contribution in [1.29, 1.82) is 0 Å². The second-order valence-corrected chi connectivity index (χ2v) is 3.79. The topological polar surface area (TPSA) is 84.3 Å². The van der Waals surface area contributed by atoms with E-state index in [0.29, 0.717) is 5.82 Å². The Kier molecular flexibility index (Phi) is 2.95. The van der Waals surface area contributed by atoms with Gasteiger partial charge in [0.05, 0.1) is 11.7 Å². The summed E-state index contributed by atoms with van der Waals surface area (Å²) in [6, 6.07) is 0.0679. The van der Waals surface area contributed by atoms with Gasteiger partial charge in [-0.25, -0.2) is 0 Å². The number of aromatic amines is 1. The molecule has 0 fully saturated rings. The lowest BCUT2D eigenvalue weighted by Gasteiger charge is -2.08. The largest absolute Gasteiger partial charge is 0.303 e. The van der Waals surface area contributed by atoms with Crippen molar-refractivity contribution in [2.24, 2.45) is 7.05 Å². The van der Waals surface area contributed by atoms with Gasteiger partial charge in [-0.05, 0) is 13.8 Å². The van der Waals surface area contributed by atoms with Crippen LogP contribution in [0.25, 0.3) is 0 Å². The summed E-state index contributed by atoms with van der Waals surface area (Å²) in [5.74, 6) is 0.668. The van der Waals surface area contributed by atoms with E-state index >= 15 is 0 Å². The first-order valence-electron chi connectivity index (χ1n) is 5.12. The number of aromatic nitrogens is 6. The lowest BCUT2D eigenvalue weighted by atomic mass is 10.2. The number of hydrogen-bond donors (Lipinski definition) is 2. The fraction of sp³-hybridized carbons (Fsp3) is 0.556. The predicted octanol–water partition coefficient (Wildman–Crippen LogP) is 0.0924. The van der Waals surface area contributed by atoms with E-state index < -0.39 is 0 Å². The van der Waals surface area contributed by atoms with Crippen molar-refractivity contribution in [2.45, 2.75) is 26.4 Å². The first kappa shape index (κ1) is 10.7. The molecule has 1 unspecified atom stereocenters. The Morgan fingerprint density at radius 3 is 2.94 bits per heavy atom. The van der Waals surface area contributed by atoms with Crippen molar-refractivity contribution in [3.63, 3.8) is 0 Å². The van der Waals surface area contributed by atoms with Gasteiger partial charge in [-0.3, -0.25) is 4.68 Å². The minimum atomic E-state index is 0.0679. The molecule has 7 heteroatoms. The van der Waals surface area contributed by atoms with E-state index in [1.165, 1.54) is 5.56 Å². The first-order chi connectivity index (χ1) is 7.66. The van der Waals surface area contributed by atoms with Gasteiger partial charge in [0.25, 0.3) is 0 Å². The Labute approximate surface area is 93.2 Å². The molecule has 16 heavy (non-hydrogen) atoms. The number of hydrogen-bond acceptors (Lipinski definition) is 5. The van der Waals surface area contributed by atoms with Crippen LogP contribution in [0.3, 0.4) is 0 Å². The molecule has 0 aromatic carbocycles. The summed E-state index contributed by atoms with van der Waals surface area (Å²) < 4.78 is 1.81. The molecular formula is C9H15N7. The fourth-order valence-corrected chi connectivity index (χ4v) is 1.53. The zero-order valence-electron chi connectivity index (χ0n) is 9.60. The molecule has 0 amide bonds. The molecule has 0 bridgehead atoms. The van der Waals surface area contributed by atoms with E-state index in [-0.39, 0.29) is 6.04 Å². The van der Waals surface area contributed by atoms with Gasteiger partial charge in [-0.15, -0.1) is 10.2 Å². The monoisotopic (exact) mass is 221 g/mol. The maximum atomic E-state index is 4.28. The van der Waals surface area contributed by atoms with Gasteiger partial charge in [0.15, 0.2) is 5.82 Å². The van der Waals surface area contributed by atoms with E-state index in [2.05, 4.69) is 31.0 Å². The Morgan fingerprint density at radius 2 is 2.38 bits per heavy atom. The highest BCUT2D eigenvalue weighted by Crippen LogP contribution is 2.08. The van der Waals surface area contributed by atoms with Gasteiger partial charge in [0.2, 0.25) is 0 Å². The fourth-order valence-electron chi connectivity index (χ4n) is 1.53. The minimum Gasteiger partial charge on any atom is -0.303 e. The Morgan fingerprint density at radius 1 is 1.56 bits per heavy atom. The van der Waals surface area contributed by atoms with Gasteiger partial charge < -0.3 is 5.32 Å². The average molecular weight is 221 g/mol. The molecular weight excluding hydrogens is 206 g/mol. The number of rotatable bonds is 4. The Balaban J connectivity index is 1.95. The van der Waals surface area contributed by atoms with Crippen molar-refractivity contribution >= 4 is 0 Å². The molecule has 0 aliphatic heterocycles. The zero-order valence-corrected chi connectivity index (χ0v) is 9.60. The van der Waals surface area contributed by atoms with Crippen LogP contribution in [0, 0.1) is 6.92 Å². The maximum Gasteiger partial charge on any atom is 0.191 e. The minimum absolute atomic E-state index is 0.0679. The summed E-state index contributed by atoms with van der Waals surface area (Å²) in [6.45, 7) is 4.74. The molecule has 2 aromatic rings. The second-order valence-electron chi connectivity index (χ2n) is 3.79. The summed E-state index contributed by atoms with van der Waals surface area (Å²) in [4.78, 5) is 0. The molecule has 0 saturated heterocycles. The van der Waals surface area contributed by atoms with Crippen LogP contribution in [0.1, 0.15) is 30.0 Å². The van der Waals surface area contributed by atoms with Crippen molar-refractivity contribution in [2.75, 3.05) is 0 Å². The maximum absolute atomic E-state index is 4.28.